The van der Waals surface area contributed by atoms with Gasteiger partial charge in [-0.3, -0.25) is 14.5 Å². The largest absolute Gasteiger partial charge is 0.457 e. The highest BCUT2D eigenvalue weighted by molar-refractivity contribution is 7.92. The Kier molecular flexibility index (Phi) is 10.3. The van der Waals surface area contributed by atoms with Crippen LogP contribution in [0.2, 0.25) is 0 Å². The van der Waals surface area contributed by atoms with E-state index < -0.39 is 10.0 Å². The lowest BCUT2D eigenvalue weighted by Crippen LogP contribution is -2.49. The summed E-state index contributed by atoms with van der Waals surface area (Å²) in [5.41, 5.74) is 4.98. The maximum absolute atomic E-state index is 13.4. The Morgan fingerprint density at radius 1 is 0.951 bits per heavy atom. The Morgan fingerprint density at radius 3 is 2.10 bits per heavy atom. The van der Waals surface area contributed by atoms with Crippen LogP contribution in [0.15, 0.2) is 66.7 Å². The monoisotopic (exact) mass is 578 g/mol. The van der Waals surface area contributed by atoms with Gasteiger partial charge in [0.05, 0.1) is 11.9 Å². The molecule has 0 unspecified atom stereocenters. The van der Waals surface area contributed by atoms with E-state index in [0.717, 1.165) is 80.7 Å². The molecular formula is C32H42N4O4S. The van der Waals surface area contributed by atoms with Crippen molar-refractivity contribution in [3.63, 3.8) is 0 Å². The number of nitrogens with one attached hydrogen (secondary N) is 2. The van der Waals surface area contributed by atoms with Crippen LogP contribution in [0.25, 0.3) is 0 Å². The van der Waals surface area contributed by atoms with Crippen molar-refractivity contribution in [2.24, 2.45) is 0 Å². The van der Waals surface area contributed by atoms with Crippen molar-refractivity contribution < 1.29 is 17.9 Å². The SMILES string of the molecule is CCCCN(C(=O)NC1CCN(Cc2ccc(Oc3ccc(NS(C)(=O)=O)cc3)cc2)CC1)c1c(C)cccc1C. The van der Waals surface area contributed by atoms with Crippen molar-refractivity contribution >= 4 is 27.4 Å². The highest BCUT2D eigenvalue weighted by Gasteiger charge is 2.25. The molecule has 9 heteroatoms. The predicted molar refractivity (Wildman–Crippen MR) is 166 cm³/mol. The van der Waals surface area contributed by atoms with Crippen molar-refractivity contribution in [3.05, 3.63) is 83.4 Å². The van der Waals surface area contributed by atoms with Gasteiger partial charge < -0.3 is 10.1 Å². The van der Waals surface area contributed by atoms with Gasteiger partial charge in [0, 0.05) is 37.9 Å². The lowest BCUT2D eigenvalue weighted by atomic mass is 10.0. The third kappa shape index (κ3) is 8.96. The fourth-order valence-corrected chi connectivity index (χ4v) is 5.78. The second-order valence-corrected chi connectivity index (χ2v) is 12.6. The van der Waals surface area contributed by atoms with Crippen molar-refractivity contribution in [1.82, 2.24) is 10.2 Å². The molecule has 3 aromatic rings. The first kappa shape index (κ1) is 30.4. The average molecular weight is 579 g/mol. The molecule has 1 fully saturated rings. The molecule has 8 nitrogen and oxygen atoms in total. The Morgan fingerprint density at radius 2 is 1.54 bits per heavy atom. The summed E-state index contributed by atoms with van der Waals surface area (Å²) in [6.07, 6.45) is 4.98. The van der Waals surface area contributed by atoms with Gasteiger partial charge in [0.15, 0.2) is 0 Å². The van der Waals surface area contributed by atoms with Crippen molar-refractivity contribution in [2.75, 3.05) is 35.5 Å². The van der Waals surface area contributed by atoms with Crippen LogP contribution in [0.4, 0.5) is 16.2 Å². The number of benzene rings is 3. The number of carbonyl (C=O) groups is 1. The fraction of sp³-hybridized carbons (Fsp3) is 0.406. The first-order valence-corrected chi connectivity index (χ1v) is 16.2. The highest BCUT2D eigenvalue weighted by atomic mass is 32.2. The van der Waals surface area contributed by atoms with Crippen LogP contribution < -0.4 is 19.7 Å². The van der Waals surface area contributed by atoms with Crippen molar-refractivity contribution in [1.29, 1.82) is 0 Å². The number of carbonyl (C=O) groups excluding carboxylic acids is 1. The first-order valence-electron chi connectivity index (χ1n) is 14.3. The number of unbranched alkanes of at least 4 members (excludes halogenated alkanes) is 1. The predicted octanol–water partition coefficient (Wildman–Crippen LogP) is 6.45. The molecule has 1 aliphatic heterocycles. The number of piperidine rings is 1. The maximum atomic E-state index is 13.4. The third-order valence-corrected chi connectivity index (χ3v) is 7.93. The van der Waals surface area contributed by atoms with E-state index in [2.05, 4.69) is 60.0 Å². The van der Waals surface area contributed by atoms with Crippen LogP contribution in [0.5, 0.6) is 11.5 Å². The zero-order valence-corrected chi connectivity index (χ0v) is 25.3. The smallest absolute Gasteiger partial charge is 0.322 e. The molecule has 3 aromatic carbocycles. The van der Waals surface area contributed by atoms with Gasteiger partial charge in [-0.25, -0.2) is 13.2 Å². The van der Waals surface area contributed by atoms with E-state index in [4.69, 9.17) is 4.74 Å². The molecule has 1 heterocycles. The van der Waals surface area contributed by atoms with E-state index in [0.29, 0.717) is 11.4 Å². The minimum atomic E-state index is -3.31. The summed E-state index contributed by atoms with van der Waals surface area (Å²) in [5.74, 6) is 1.35. The van der Waals surface area contributed by atoms with Gasteiger partial charge in [-0.2, -0.15) is 0 Å². The molecule has 0 aromatic heterocycles. The van der Waals surface area contributed by atoms with Gasteiger partial charge in [-0.15, -0.1) is 0 Å². The Hall–Kier alpha value is -3.56. The number of rotatable bonds is 11. The second-order valence-electron chi connectivity index (χ2n) is 10.9. The molecule has 1 saturated heterocycles. The van der Waals surface area contributed by atoms with Crippen molar-refractivity contribution in [3.8, 4) is 11.5 Å². The number of anilines is 2. The number of amides is 2. The zero-order valence-electron chi connectivity index (χ0n) is 24.5. The van der Waals surface area contributed by atoms with E-state index in [9.17, 15) is 13.2 Å². The highest BCUT2D eigenvalue weighted by Crippen LogP contribution is 2.27. The molecule has 0 saturated carbocycles. The van der Waals surface area contributed by atoms with Crippen LogP contribution in [-0.2, 0) is 16.6 Å². The van der Waals surface area contributed by atoms with Gasteiger partial charge in [0.2, 0.25) is 10.0 Å². The molecule has 0 atom stereocenters. The number of sulfonamides is 1. The maximum Gasteiger partial charge on any atom is 0.322 e. The molecule has 0 aliphatic carbocycles. The van der Waals surface area contributed by atoms with Gasteiger partial charge in [0.25, 0.3) is 0 Å². The molecule has 41 heavy (non-hydrogen) atoms. The van der Waals surface area contributed by atoms with Gasteiger partial charge in [-0.05, 0) is 86.2 Å². The summed E-state index contributed by atoms with van der Waals surface area (Å²) in [6.45, 7) is 9.72. The van der Waals surface area contributed by atoms with Gasteiger partial charge in [0.1, 0.15) is 11.5 Å². The number of urea groups is 1. The van der Waals surface area contributed by atoms with Gasteiger partial charge >= 0.3 is 6.03 Å². The zero-order chi connectivity index (χ0) is 29.4. The Labute approximate surface area is 244 Å². The van der Waals surface area contributed by atoms with E-state index in [1.54, 1.807) is 24.3 Å². The van der Waals surface area contributed by atoms with Crippen LogP contribution in [0.1, 0.15) is 49.3 Å². The van der Waals surface area contributed by atoms with E-state index in [1.807, 2.05) is 23.1 Å². The van der Waals surface area contributed by atoms with Crippen LogP contribution in [-0.4, -0.2) is 51.3 Å². The van der Waals surface area contributed by atoms with Crippen molar-refractivity contribution in [2.45, 2.75) is 59.0 Å². The molecule has 0 radical (unpaired) electrons. The number of ether oxygens (including phenoxy) is 1. The molecule has 4 rings (SSSR count). The summed E-state index contributed by atoms with van der Waals surface area (Å²) >= 11 is 0. The number of aryl methyl sites for hydroxylation is 2. The number of hydrogen-bond acceptors (Lipinski definition) is 5. The minimum Gasteiger partial charge on any atom is -0.457 e. The molecule has 1 aliphatic rings. The average Bonchev–Trinajstić information content (AvgIpc) is 2.93. The summed E-state index contributed by atoms with van der Waals surface area (Å²) in [5, 5.41) is 3.32. The number of nitrogens with zero attached hydrogens (tertiary/aromatic N) is 2. The number of likely N-dealkylation sites (tertiary alicyclic amines) is 1. The molecular weight excluding hydrogens is 536 g/mol. The summed E-state index contributed by atoms with van der Waals surface area (Å²) < 4.78 is 31.1. The lowest BCUT2D eigenvalue weighted by molar-refractivity contribution is 0.188. The minimum absolute atomic E-state index is 0.00573. The summed E-state index contributed by atoms with van der Waals surface area (Å²) in [4.78, 5) is 17.7. The Bertz CT molecular complexity index is 1380. The first-order chi connectivity index (χ1) is 19.6. The van der Waals surface area contributed by atoms with Gasteiger partial charge in [-0.1, -0.05) is 43.7 Å². The fourth-order valence-electron chi connectivity index (χ4n) is 5.21. The Balaban J connectivity index is 1.26. The quantitative estimate of drug-likeness (QED) is 0.273. The number of para-hydroxylation sites is 1. The van der Waals surface area contributed by atoms with E-state index >= 15 is 0 Å². The lowest BCUT2D eigenvalue weighted by Gasteiger charge is -2.34. The standard InChI is InChI=1S/C32H42N4O4S/c1-5-6-20-36(31-24(2)8-7-9-25(31)3)32(37)33-27-18-21-35(22-19-27)23-26-10-14-29(15-11-26)40-30-16-12-28(13-17-30)34-41(4,38)39/h7-17,27,34H,5-6,18-23H2,1-4H3,(H,33,37). The van der Waals surface area contributed by atoms with Crippen LogP contribution >= 0.6 is 0 Å². The summed E-state index contributed by atoms with van der Waals surface area (Å²) in [6, 6.07) is 21.2. The topological polar surface area (TPSA) is 91.0 Å². The molecule has 0 spiro atoms. The summed E-state index contributed by atoms with van der Waals surface area (Å²) in [7, 11) is -3.31. The molecule has 2 N–H and O–H groups in total. The van der Waals surface area contributed by atoms with Crippen LogP contribution in [0.3, 0.4) is 0 Å². The second kappa shape index (κ2) is 13.9. The van der Waals surface area contributed by atoms with Crippen LogP contribution in [0, 0.1) is 13.8 Å². The molecule has 0 bridgehead atoms. The normalized spacial score (nSPS) is 14.4. The van der Waals surface area contributed by atoms with E-state index in [1.165, 1.54) is 5.56 Å². The molecule has 2 amide bonds. The molecule has 220 valence electrons. The third-order valence-electron chi connectivity index (χ3n) is 7.33. The number of hydrogen-bond donors (Lipinski definition) is 2. The van der Waals surface area contributed by atoms with E-state index in [-0.39, 0.29) is 12.1 Å².